The second-order valence-electron chi connectivity index (χ2n) is 29.7. The number of imide groups is 5. The number of hydroxylamine groups is 10. The van der Waals surface area contributed by atoms with Crippen molar-refractivity contribution in [2.24, 2.45) is 0 Å². The number of hydrogen-bond acceptors (Lipinski definition) is 25. The van der Waals surface area contributed by atoms with Gasteiger partial charge in [-0.25, -0.2) is 22.0 Å². The SMILES string of the molecule is CC(C)c1ccc2c3c(cccc13)C(=O)N(OS(=O)(=O)C(F)(F)F)C2=O.CCCCc1ccc2c3c(cccc13)C(=O)N(OS(=O)(=O)C(F)(F)F)C2=O.CCCCc1ccc2c3c(cccc13)C(=O)N(OS(C)(=O)=O)C2=O.Cc1ccc(S(=O)(=O)ON2C(=O)c3cccc4cccc(c34)C2=O)cc1.O=C1c2cccc3cccc(c23)C(=O)N1OS(=O)(=O)c1c(F)c(F)c(F)c(F)c1F. The van der Waals surface area contributed by atoms with Crippen LogP contribution >= 0.6 is 0 Å². The van der Waals surface area contributed by atoms with Crippen LogP contribution in [0.5, 0.6) is 0 Å². The van der Waals surface area contributed by atoms with Gasteiger partial charge < -0.3 is 0 Å². The molecule has 0 saturated carbocycles. The lowest BCUT2D eigenvalue weighted by Crippen LogP contribution is -2.44. The molecular weight excluding hydrogens is 1880 g/mol. The molecule has 0 atom stereocenters. The zero-order chi connectivity index (χ0) is 97.3. The van der Waals surface area contributed by atoms with Crippen molar-refractivity contribution in [3.63, 3.8) is 0 Å². The van der Waals surface area contributed by atoms with Crippen LogP contribution in [0.1, 0.15) is 185 Å². The van der Waals surface area contributed by atoms with E-state index in [4.69, 9.17) is 4.28 Å². The summed E-state index contributed by atoms with van der Waals surface area (Å²) < 4.78 is 282. The summed E-state index contributed by atoms with van der Waals surface area (Å²) in [7, 11) is -26.5. The normalized spacial score (nSPS) is 14.5. The molecule has 0 aliphatic carbocycles. The molecule has 30 nitrogen and oxygen atoms in total. The average molecular weight is 1950 g/mol. The monoisotopic (exact) mass is 1950 g/mol. The van der Waals surface area contributed by atoms with Gasteiger partial charge in [0.2, 0.25) is 5.82 Å². The van der Waals surface area contributed by atoms with Crippen LogP contribution in [-0.2, 0) is 84.9 Å². The molecule has 133 heavy (non-hydrogen) atoms. The highest BCUT2D eigenvalue weighted by Crippen LogP contribution is 2.42. The molecule has 0 fully saturated rings. The molecule has 5 heterocycles. The molecule has 5 aliphatic rings. The Morgan fingerprint density at radius 1 is 0.316 bits per heavy atom. The van der Waals surface area contributed by atoms with Gasteiger partial charge >= 0.3 is 51.5 Å². The predicted octanol–water partition coefficient (Wildman–Crippen LogP) is 16.1. The molecule has 12 aromatic carbocycles. The van der Waals surface area contributed by atoms with E-state index in [1.54, 1.807) is 91.0 Å². The fourth-order valence-electron chi connectivity index (χ4n) is 14.6. The van der Waals surface area contributed by atoms with Crippen LogP contribution < -0.4 is 0 Å². The van der Waals surface area contributed by atoms with E-state index in [2.05, 4.69) is 24.1 Å². The van der Waals surface area contributed by atoms with Gasteiger partial charge in [0.05, 0.1) is 66.8 Å². The third-order valence-corrected chi connectivity index (χ3v) is 25.4. The molecule has 10 amide bonds. The fourth-order valence-corrected chi connectivity index (χ4v) is 17.7. The van der Waals surface area contributed by atoms with Crippen molar-refractivity contribution in [1.29, 1.82) is 0 Å². The highest BCUT2D eigenvalue weighted by atomic mass is 32.2. The van der Waals surface area contributed by atoms with E-state index in [0.29, 0.717) is 43.5 Å². The lowest BCUT2D eigenvalue weighted by atomic mass is 9.88. The Balaban J connectivity index is 0.000000141. The van der Waals surface area contributed by atoms with Crippen LogP contribution in [0.15, 0.2) is 198 Å². The quantitative estimate of drug-likeness (QED) is 0.0238. The number of benzene rings is 12. The summed E-state index contributed by atoms with van der Waals surface area (Å²) in [6.07, 6.45) is 6.18. The van der Waals surface area contributed by atoms with Gasteiger partial charge in [0.25, 0.3) is 69.2 Å². The van der Waals surface area contributed by atoms with E-state index < -0.39 is 155 Å². The van der Waals surface area contributed by atoms with Crippen molar-refractivity contribution in [2.45, 2.75) is 99.9 Å². The largest absolute Gasteiger partial charge is 0.525 e. The van der Waals surface area contributed by atoms with Crippen molar-refractivity contribution >= 4 is 164 Å². The number of alkyl halides is 6. The van der Waals surface area contributed by atoms with Gasteiger partial charge in [-0.1, -0.05) is 161 Å². The summed E-state index contributed by atoms with van der Waals surface area (Å²) in [5.74, 6) is -23.9. The van der Waals surface area contributed by atoms with Gasteiger partial charge in [0.1, 0.15) is 0 Å². The van der Waals surface area contributed by atoms with Gasteiger partial charge in [-0.2, -0.15) is 68.4 Å². The summed E-state index contributed by atoms with van der Waals surface area (Å²) >= 11 is 0. The fraction of sp³-hybridized carbons (Fsp3) is 0.172. The number of carbonyl (C=O) groups is 10. The molecule has 46 heteroatoms. The summed E-state index contributed by atoms with van der Waals surface area (Å²) in [5.41, 5.74) is -7.69. The topological polar surface area (TPSA) is 404 Å². The molecule has 0 radical (unpaired) electrons. The number of rotatable bonds is 19. The predicted molar refractivity (Wildman–Crippen MR) is 446 cm³/mol. The molecular formula is C87H62F11N5O25S5. The van der Waals surface area contributed by atoms with Crippen molar-refractivity contribution in [1.82, 2.24) is 25.3 Å². The molecule has 0 spiro atoms. The maximum atomic E-state index is 13.9. The van der Waals surface area contributed by atoms with Crippen LogP contribution in [0, 0.1) is 36.0 Å². The third kappa shape index (κ3) is 18.3. The van der Waals surface area contributed by atoms with E-state index in [-0.39, 0.29) is 97.8 Å². The van der Waals surface area contributed by atoms with Gasteiger partial charge in [-0.15, -0.1) is 46.7 Å². The average Bonchev–Trinajstić information content (AvgIpc) is 0.745. The van der Waals surface area contributed by atoms with Gasteiger partial charge in [0, 0.05) is 26.9 Å². The summed E-state index contributed by atoms with van der Waals surface area (Å²) in [5, 5.41) is 4.64. The molecule has 12 aromatic rings. The van der Waals surface area contributed by atoms with E-state index in [1.807, 2.05) is 39.8 Å². The zero-order valence-electron chi connectivity index (χ0n) is 68.9. The lowest BCUT2D eigenvalue weighted by Gasteiger charge is -2.26. The molecule has 0 N–H and O–H groups in total. The Morgan fingerprint density at radius 2 is 0.586 bits per heavy atom. The van der Waals surface area contributed by atoms with Crippen LogP contribution in [-0.4, -0.2) is 144 Å². The Kier molecular flexibility index (Phi) is 26.6. The smallest absolute Gasteiger partial charge is 0.266 e. The molecule has 0 bridgehead atoms. The molecule has 692 valence electrons. The Labute approximate surface area is 745 Å². The second kappa shape index (κ2) is 36.5. The first-order valence-corrected chi connectivity index (χ1v) is 46.3. The third-order valence-electron chi connectivity index (χ3n) is 20.7. The van der Waals surface area contributed by atoms with E-state index in [1.165, 1.54) is 84.9 Å². The number of carbonyl (C=O) groups excluding carboxylic acids is 10. The number of aryl methyl sites for hydroxylation is 3. The Hall–Kier alpha value is -13.6. The van der Waals surface area contributed by atoms with Gasteiger partial charge in [-0.3, -0.25) is 47.9 Å². The number of halogens is 11. The Bertz CT molecular complexity index is 7480. The molecule has 0 unspecified atom stereocenters. The summed E-state index contributed by atoms with van der Waals surface area (Å²) in [4.78, 5) is 123. The highest BCUT2D eigenvalue weighted by molar-refractivity contribution is 7.88. The summed E-state index contributed by atoms with van der Waals surface area (Å²) in [6.45, 7) is 9.73. The molecule has 0 aromatic heterocycles. The van der Waals surface area contributed by atoms with E-state index in [0.717, 1.165) is 71.4 Å². The number of amides is 10. The van der Waals surface area contributed by atoms with Crippen molar-refractivity contribution in [3.05, 3.63) is 295 Å². The van der Waals surface area contributed by atoms with Crippen molar-refractivity contribution in [2.75, 3.05) is 6.26 Å². The minimum absolute atomic E-state index is 0.0596. The van der Waals surface area contributed by atoms with E-state index >= 15 is 0 Å². The maximum Gasteiger partial charge on any atom is 0.525 e. The maximum absolute atomic E-state index is 13.9. The lowest BCUT2D eigenvalue weighted by molar-refractivity contribution is -0.0768. The van der Waals surface area contributed by atoms with Crippen molar-refractivity contribution in [3.8, 4) is 0 Å². The standard InChI is InChI=1S/C19H13NO5S.C18H6F5NO5S.C17H14F3NO5S.C17H17NO5S.C16H12F3NO5S/c1-12-8-10-14(11-9-12)26(23,24)25-20-18(21)15-6-2-4-13-5-3-7-16(17(13)15)19(20)22;19-11-12(20)14(22)16(15(23)13(11)21)30(27,28)29-24-17(25)8-5-1-3-7-4-2-6-9(10(7)8)18(24)26;1-2-3-5-10-8-9-13-14-11(10)6-4-7-12(14)15(22)21(16(13)23)26-27(24,25)17(18,19)20;1-3-4-6-11-9-10-14-15-12(11)7-5-8-13(15)16(19)18(17(14)20)23-24(2,21)22;1-8(2)9-6-7-12-13-10(9)4-3-5-11(13)14(21)20(15(12)22)25-26(23,24)16(17,18)19/h2-11H,1H3;1-6H;4,6-9H,2-3,5H2,1H3;5,7-10H,3-4,6H2,1-2H3;3-8H,1-2H3. The zero-order valence-corrected chi connectivity index (χ0v) is 72.9. The number of nitrogens with zero attached hydrogens (tertiary/aromatic N) is 5. The van der Waals surface area contributed by atoms with Crippen LogP contribution in [0.3, 0.4) is 0 Å². The molecule has 17 rings (SSSR count). The molecule has 5 aliphatic heterocycles. The first-order valence-electron chi connectivity index (χ1n) is 38.8. The summed E-state index contributed by atoms with van der Waals surface area (Å²) in [6, 6.07) is 48.0. The van der Waals surface area contributed by atoms with E-state index in [9.17, 15) is 138 Å². The Morgan fingerprint density at radius 3 is 0.902 bits per heavy atom. The van der Waals surface area contributed by atoms with Crippen molar-refractivity contribution < 1.29 is 160 Å². The minimum atomic E-state index is -6.17. The second-order valence-corrected chi connectivity index (χ2v) is 37.3. The van der Waals surface area contributed by atoms with Crippen LogP contribution in [0.25, 0.3) is 53.9 Å². The molecule has 0 saturated heterocycles. The first kappa shape index (κ1) is 97.0. The number of hydrogen-bond donors (Lipinski definition) is 0. The van der Waals surface area contributed by atoms with Gasteiger partial charge in [0.15, 0.2) is 28.2 Å². The number of unbranched alkanes of at least 4 members (excludes halogenated alkanes) is 2. The minimum Gasteiger partial charge on any atom is -0.266 e. The first-order chi connectivity index (χ1) is 62.3. The highest BCUT2D eigenvalue weighted by Gasteiger charge is 2.54. The van der Waals surface area contributed by atoms with Crippen LogP contribution in [0.2, 0.25) is 0 Å². The van der Waals surface area contributed by atoms with Gasteiger partial charge in [-0.05, 0) is 155 Å². The van der Waals surface area contributed by atoms with Crippen LogP contribution in [0.4, 0.5) is 48.3 Å².